The van der Waals surface area contributed by atoms with E-state index in [4.69, 9.17) is 4.74 Å². The van der Waals surface area contributed by atoms with Crippen molar-refractivity contribution in [3.05, 3.63) is 35.6 Å². The highest BCUT2D eigenvalue weighted by molar-refractivity contribution is 5.17. The fourth-order valence-corrected chi connectivity index (χ4v) is 2.32. The van der Waals surface area contributed by atoms with Crippen molar-refractivity contribution in [2.45, 2.75) is 18.9 Å². The molecule has 1 aliphatic heterocycles. The SMILES string of the molecule is COC1CNCCC1Cc1ccc(F)cc1. The van der Waals surface area contributed by atoms with Crippen LogP contribution in [0.1, 0.15) is 12.0 Å². The molecule has 2 nitrogen and oxygen atoms in total. The molecule has 16 heavy (non-hydrogen) atoms. The Kier molecular flexibility index (Phi) is 3.91. The summed E-state index contributed by atoms with van der Waals surface area (Å²) in [7, 11) is 1.76. The molecule has 2 rings (SSSR count). The van der Waals surface area contributed by atoms with E-state index < -0.39 is 0 Å². The molecular formula is C13H18FNO. The third-order valence-corrected chi connectivity index (χ3v) is 3.28. The van der Waals surface area contributed by atoms with Crippen LogP contribution in [-0.4, -0.2) is 26.3 Å². The number of rotatable bonds is 3. The summed E-state index contributed by atoms with van der Waals surface area (Å²) in [6.45, 7) is 1.97. The molecule has 0 saturated carbocycles. The summed E-state index contributed by atoms with van der Waals surface area (Å²) in [6, 6.07) is 6.78. The minimum Gasteiger partial charge on any atom is -0.380 e. The lowest BCUT2D eigenvalue weighted by molar-refractivity contribution is 0.0341. The monoisotopic (exact) mass is 223 g/mol. The summed E-state index contributed by atoms with van der Waals surface area (Å²) in [5.41, 5.74) is 1.19. The number of methoxy groups -OCH3 is 1. The van der Waals surface area contributed by atoms with Crippen molar-refractivity contribution in [1.82, 2.24) is 5.32 Å². The molecule has 0 bridgehead atoms. The highest BCUT2D eigenvalue weighted by Crippen LogP contribution is 2.20. The van der Waals surface area contributed by atoms with Crippen LogP contribution in [0, 0.1) is 11.7 Å². The number of halogens is 1. The molecule has 1 aliphatic rings. The van der Waals surface area contributed by atoms with E-state index in [0.717, 1.165) is 25.9 Å². The van der Waals surface area contributed by atoms with Crippen LogP contribution < -0.4 is 5.32 Å². The van der Waals surface area contributed by atoms with Crippen molar-refractivity contribution < 1.29 is 9.13 Å². The molecule has 0 spiro atoms. The van der Waals surface area contributed by atoms with Gasteiger partial charge in [-0.2, -0.15) is 0 Å². The Morgan fingerprint density at radius 1 is 1.38 bits per heavy atom. The molecule has 0 aromatic heterocycles. The first-order valence-electron chi connectivity index (χ1n) is 5.77. The summed E-state index contributed by atoms with van der Waals surface area (Å²) in [4.78, 5) is 0. The van der Waals surface area contributed by atoms with Crippen LogP contribution in [0.4, 0.5) is 4.39 Å². The number of hydrogen-bond donors (Lipinski definition) is 1. The van der Waals surface area contributed by atoms with Gasteiger partial charge in [-0.3, -0.25) is 0 Å². The first-order chi connectivity index (χ1) is 7.79. The summed E-state index contributed by atoms with van der Waals surface area (Å²) < 4.78 is 18.2. The number of benzene rings is 1. The quantitative estimate of drug-likeness (QED) is 0.846. The van der Waals surface area contributed by atoms with E-state index in [9.17, 15) is 4.39 Å². The average molecular weight is 223 g/mol. The average Bonchev–Trinajstić information content (AvgIpc) is 2.33. The molecule has 1 saturated heterocycles. The van der Waals surface area contributed by atoms with E-state index >= 15 is 0 Å². The third kappa shape index (κ3) is 2.80. The summed E-state index contributed by atoms with van der Waals surface area (Å²) in [5, 5.41) is 3.33. The Morgan fingerprint density at radius 2 is 2.12 bits per heavy atom. The van der Waals surface area contributed by atoms with Crippen LogP contribution >= 0.6 is 0 Å². The van der Waals surface area contributed by atoms with Crippen molar-refractivity contribution in [2.24, 2.45) is 5.92 Å². The van der Waals surface area contributed by atoms with E-state index in [1.807, 2.05) is 12.1 Å². The molecule has 3 heteroatoms. The third-order valence-electron chi connectivity index (χ3n) is 3.28. The zero-order valence-electron chi connectivity index (χ0n) is 9.58. The maximum atomic E-state index is 12.8. The van der Waals surface area contributed by atoms with Gasteiger partial charge in [0.1, 0.15) is 5.82 Å². The van der Waals surface area contributed by atoms with Gasteiger partial charge < -0.3 is 10.1 Å². The summed E-state index contributed by atoms with van der Waals surface area (Å²) >= 11 is 0. The molecular weight excluding hydrogens is 205 g/mol. The molecule has 0 radical (unpaired) electrons. The molecule has 88 valence electrons. The van der Waals surface area contributed by atoms with E-state index in [1.54, 1.807) is 7.11 Å². The van der Waals surface area contributed by atoms with Gasteiger partial charge in [-0.1, -0.05) is 12.1 Å². The fraction of sp³-hybridized carbons (Fsp3) is 0.538. The van der Waals surface area contributed by atoms with Crippen LogP contribution in [0.2, 0.25) is 0 Å². The standard InChI is InChI=1S/C13H18FNO/c1-16-13-9-15-7-6-11(13)8-10-2-4-12(14)5-3-10/h2-5,11,13,15H,6-9H2,1H3. The minimum atomic E-state index is -0.169. The normalized spacial score (nSPS) is 25.6. The predicted molar refractivity (Wildman–Crippen MR) is 61.9 cm³/mol. The fourth-order valence-electron chi connectivity index (χ4n) is 2.32. The van der Waals surface area contributed by atoms with Crippen molar-refractivity contribution in [2.75, 3.05) is 20.2 Å². The highest BCUT2D eigenvalue weighted by atomic mass is 19.1. The van der Waals surface area contributed by atoms with Gasteiger partial charge in [-0.15, -0.1) is 0 Å². The maximum absolute atomic E-state index is 12.8. The van der Waals surface area contributed by atoms with Crippen LogP contribution in [0.5, 0.6) is 0 Å². The zero-order chi connectivity index (χ0) is 11.4. The van der Waals surface area contributed by atoms with Crippen LogP contribution in [0.25, 0.3) is 0 Å². The van der Waals surface area contributed by atoms with Gasteiger partial charge in [0.2, 0.25) is 0 Å². The van der Waals surface area contributed by atoms with Crippen LogP contribution in [0.3, 0.4) is 0 Å². The van der Waals surface area contributed by atoms with E-state index in [-0.39, 0.29) is 11.9 Å². The first kappa shape index (κ1) is 11.6. The smallest absolute Gasteiger partial charge is 0.123 e. The minimum absolute atomic E-state index is 0.169. The molecule has 1 fully saturated rings. The lowest BCUT2D eigenvalue weighted by Gasteiger charge is -2.31. The Labute approximate surface area is 95.8 Å². The van der Waals surface area contributed by atoms with E-state index in [1.165, 1.54) is 17.7 Å². The zero-order valence-corrected chi connectivity index (χ0v) is 9.58. The maximum Gasteiger partial charge on any atom is 0.123 e. The summed E-state index contributed by atoms with van der Waals surface area (Å²) in [5.74, 6) is 0.370. The molecule has 2 atom stereocenters. The largest absolute Gasteiger partial charge is 0.380 e. The van der Waals surface area contributed by atoms with Gasteiger partial charge in [0.25, 0.3) is 0 Å². The second-order valence-corrected chi connectivity index (χ2v) is 4.36. The van der Waals surface area contributed by atoms with E-state index in [0.29, 0.717) is 5.92 Å². The predicted octanol–water partition coefficient (Wildman–Crippen LogP) is 1.99. The Hall–Kier alpha value is -0.930. The number of nitrogens with one attached hydrogen (secondary N) is 1. The van der Waals surface area contributed by atoms with Crippen molar-refractivity contribution in [3.8, 4) is 0 Å². The molecule has 1 aromatic carbocycles. The molecule has 2 unspecified atom stereocenters. The van der Waals surface area contributed by atoms with Crippen LogP contribution in [0.15, 0.2) is 24.3 Å². The highest BCUT2D eigenvalue weighted by Gasteiger charge is 2.24. The van der Waals surface area contributed by atoms with Gasteiger partial charge in [0.15, 0.2) is 0 Å². The lowest BCUT2D eigenvalue weighted by atomic mass is 9.88. The Bertz CT molecular complexity index is 325. The molecule has 1 aromatic rings. The summed E-state index contributed by atoms with van der Waals surface area (Å²) in [6.07, 6.45) is 2.37. The van der Waals surface area contributed by atoms with Crippen LogP contribution in [-0.2, 0) is 11.2 Å². The number of ether oxygens (including phenoxy) is 1. The van der Waals surface area contributed by atoms with Crippen molar-refractivity contribution in [1.29, 1.82) is 0 Å². The lowest BCUT2D eigenvalue weighted by Crippen LogP contribution is -2.42. The van der Waals surface area contributed by atoms with Gasteiger partial charge in [-0.05, 0) is 43.0 Å². The number of piperidine rings is 1. The molecule has 1 heterocycles. The Morgan fingerprint density at radius 3 is 2.81 bits per heavy atom. The topological polar surface area (TPSA) is 21.3 Å². The molecule has 1 N–H and O–H groups in total. The van der Waals surface area contributed by atoms with Gasteiger partial charge >= 0.3 is 0 Å². The first-order valence-corrected chi connectivity index (χ1v) is 5.77. The van der Waals surface area contributed by atoms with Crippen molar-refractivity contribution >= 4 is 0 Å². The van der Waals surface area contributed by atoms with Gasteiger partial charge in [0, 0.05) is 13.7 Å². The second kappa shape index (κ2) is 5.41. The molecule has 0 aliphatic carbocycles. The van der Waals surface area contributed by atoms with Crippen molar-refractivity contribution in [3.63, 3.8) is 0 Å². The van der Waals surface area contributed by atoms with E-state index in [2.05, 4.69) is 5.32 Å². The van der Waals surface area contributed by atoms with Gasteiger partial charge in [-0.25, -0.2) is 4.39 Å². The van der Waals surface area contributed by atoms with Gasteiger partial charge in [0.05, 0.1) is 6.10 Å². The Balaban J connectivity index is 1.99. The second-order valence-electron chi connectivity index (χ2n) is 4.36. The number of hydrogen-bond acceptors (Lipinski definition) is 2. The molecule has 0 amide bonds.